The van der Waals surface area contributed by atoms with Crippen LogP contribution >= 0.6 is 0 Å². The van der Waals surface area contributed by atoms with Gasteiger partial charge in [-0.2, -0.15) is 0 Å². The van der Waals surface area contributed by atoms with Crippen molar-refractivity contribution in [3.05, 3.63) is 56.5 Å². The van der Waals surface area contributed by atoms with Gasteiger partial charge >= 0.3 is 5.69 Å². The van der Waals surface area contributed by atoms with Gasteiger partial charge in [0.15, 0.2) is 0 Å². The number of H-pyrrole nitrogens is 1. The van der Waals surface area contributed by atoms with E-state index in [1.54, 1.807) is 0 Å². The van der Waals surface area contributed by atoms with Crippen LogP contribution in [0, 0.1) is 5.82 Å². The Labute approximate surface area is 154 Å². The first-order valence-corrected chi connectivity index (χ1v) is 8.71. The maximum atomic E-state index is 14.0. The molecule has 0 saturated carbocycles. The molecule has 1 aromatic heterocycles. The number of morpholine rings is 1. The van der Waals surface area contributed by atoms with Crippen LogP contribution < -0.4 is 11.2 Å². The standard InChI is InChI=1S/C18H21FN4O4/c19-14-4-1-2-5-15(14)23-17(25)13(16(24)21-18(23)26)12-20-6-3-7-22-8-10-27-11-9-22/h1-2,4-5,12,25H,3,6-11H2,(H,21,24,26). The van der Waals surface area contributed by atoms with E-state index in [9.17, 15) is 19.1 Å². The zero-order valence-electron chi connectivity index (χ0n) is 14.7. The molecule has 3 rings (SSSR count). The van der Waals surface area contributed by atoms with Crippen molar-refractivity contribution in [2.45, 2.75) is 6.42 Å². The van der Waals surface area contributed by atoms with Crippen LogP contribution in [-0.4, -0.2) is 65.2 Å². The normalized spacial score (nSPS) is 15.4. The number of rotatable bonds is 6. The molecule has 1 saturated heterocycles. The molecule has 0 amide bonds. The van der Waals surface area contributed by atoms with Gasteiger partial charge in [0.05, 0.1) is 18.9 Å². The monoisotopic (exact) mass is 376 g/mol. The van der Waals surface area contributed by atoms with E-state index in [0.717, 1.165) is 45.3 Å². The molecule has 0 unspecified atom stereocenters. The van der Waals surface area contributed by atoms with Crippen molar-refractivity contribution in [3.8, 4) is 11.6 Å². The summed E-state index contributed by atoms with van der Waals surface area (Å²) < 4.78 is 20.0. The minimum absolute atomic E-state index is 0.154. The molecule has 1 aliphatic heterocycles. The number of aromatic amines is 1. The Morgan fingerprint density at radius 2 is 2.00 bits per heavy atom. The molecular weight excluding hydrogens is 355 g/mol. The lowest BCUT2D eigenvalue weighted by molar-refractivity contribution is 0.0377. The second kappa shape index (κ2) is 8.74. The molecule has 0 radical (unpaired) electrons. The van der Waals surface area contributed by atoms with Crippen LogP contribution in [0.3, 0.4) is 0 Å². The second-order valence-corrected chi connectivity index (χ2v) is 6.13. The quantitative estimate of drug-likeness (QED) is 0.565. The number of nitrogens with one attached hydrogen (secondary N) is 1. The topological polar surface area (TPSA) is 99.9 Å². The first-order chi connectivity index (χ1) is 13.1. The maximum Gasteiger partial charge on any atom is 0.335 e. The van der Waals surface area contributed by atoms with Crippen LogP contribution in [0.4, 0.5) is 4.39 Å². The van der Waals surface area contributed by atoms with Crippen molar-refractivity contribution >= 4 is 6.21 Å². The fraction of sp³-hybridized carbons (Fsp3) is 0.389. The molecule has 144 valence electrons. The molecule has 0 aliphatic carbocycles. The van der Waals surface area contributed by atoms with E-state index in [1.807, 2.05) is 0 Å². The van der Waals surface area contributed by atoms with Crippen molar-refractivity contribution in [2.75, 3.05) is 39.4 Å². The van der Waals surface area contributed by atoms with Crippen LogP contribution in [0.25, 0.3) is 5.69 Å². The zero-order valence-corrected chi connectivity index (χ0v) is 14.7. The number of benzene rings is 1. The molecule has 27 heavy (non-hydrogen) atoms. The lowest BCUT2D eigenvalue weighted by atomic mass is 10.2. The van der Waals surface area contributed by atoms with Gasteiger partial charge in [-0.1, -0.05) is 12.1 Å². The van der Waals surface area contributed by atoms with Crippen LogP contribution in [0.5, 0.6) is 5.88 Å². The SMILES string of the molecule is O=c1[nH]c(=O)n(-c2ccccc2F)c(O)c1C=NCCCN1CCOCC1. The summed E-state index contributed by atoms with van der Waals surface area (Å²) in [6.45, 7) is 4.54. The van der Waals surface area contributed by atoms with Gasteiger partial charge in [-0.15, -0.1) is 0 Å². The fourth-order valence-corrected chi connectivity index (χ4v) is 2.88. The molecule has 8 nitrogen and oxygen atoms in total. The highest BCUT2D eigenvalue weighted by Crippen LogP contribution is 2.17. The van der Waals surface area contributed by atoms with Gasteiger partial charge in [-0.3, -0.25) is 19.7 Å². The average molecular weight is 376 g/mol. The molecule has 1 aromatic carbocycles. The van der Waals surface area contributed by atoms with E-state index in [2.05, 4.69) is 14.9 Å². The summed E-state index contributed by atoms with van der Waals surface area (Å²) in [7, 11) is 0. The van der Waals surface area contributed by atoms with Gasteiger partial charge in [0.25, 0.3) is 5.56 Å². The van der Waals surface area contributed by atoms with E-state index >= 15 is 0 Å². The Morgan fingerprint density at radius 3 is 2.74 bits per heavy atom. The Bertz CT molecular complexity index is 932. The van der Waals surface area contributed by atoms with E-state index in [-0.39, 0.29) is 11.3 Å². The highest BCUT2D eigenvalue weighted by atomic mass is 19.1. The van der Waals surface area contributed by atoms with Gasteiger partial charge in [0.2, 0.25) is 5.88 Å². The van der Waals surface area contributed by atoms with E-state index < -0.39 is 22.9 Å². The van der Waals surface area contributed by atoms with Crippen LogP contribution in [0.15, 0.2) is 38.8 Å². The van der Waals surface area contributed by atoms with Crippen LogP contribution in [-0.2, 0) is 4.74 Å². The fourth-order valence-electron chi connectivity index (χ4n) is 2.88. The Balaban J connectivity index is 1.75. The number of halogens is 1. The Morgan fingerprint density at radius 1 is 1.26 bits per heavy atom. The molecule has 2 aromatic rings. The molecule has 2 heterocycles. The molecule has 0 bridgehead atoms. The van der Waals surface area contributed by atoms with Crippen LogP contribution in [0.2, 0.25) is 0 Å². The lowest BCUT2D eigenvalue weighted by Gasteiger charge is -2.26. The molecule has 9 heteroatoms. The summed E-state index contributed by atoms with van der Waals surface area (Å²) in [5.74, 6) is -1.35. The predicted molar refractivity (Wildman–Crippen MR) is 98.6 cm³/mol. The van der Waals surface area contributed by atoms with Crippen LogP contribution in [0.1, 0.15) is 12.0 Å². The van der Waals surface area contributed by atoms with Gasteiger partial charge in [-0.05, 0) is 18.6 Å². The van der Waals surface area contributed by atoms with E-state index in [1.165, 1.54) is 24.4 Å². The van der Waals surface area contributed by atoms with Crippen molar-refractivity contribution < 1.29 is 14.2 Å². The molecule has 1 aliphatic rings. The highest BCUT2D eigenvalue weighted by Gasteiger charge is 2.16. The summed E-state index contributed by atoms with van der Waals surface area (Å²) in [5, 5.41) is 10.4. The number of hydrogen-bond acceptors (Lipinski definition) is 6. The first kappa shape index (κ1) is 19.0. The number of ether oxygens (including phenoxy) is 1. The molecule has 0 atom stereocenters. The van der Waals surface area contributed by atoms with Gasteiger partial charge < -0.3 is 9.84 Å². The number of para-hydroxylation sites is 1. The van der Waals surface area contributed by atoms with E-state index in [0.29, 0.717) is 11.1 Å². The lowest BCUT2D eigenvalue weighted by Crippen LogP contribution is -2.37. The third-order valence-electron chi connectivity index (χ3n) is 4.30. The molecule has 0 spiro atoms. The summed E-state index contributed by atoms with van der Waals surface area (Å²) in [4.78, 5) is 32.5. The molecule has 1 fully saturated rings. The number of aliphatic imine (C=N–C) groups is 1. The molecular formula is C18H21FN4O4. The Hall–Kier alpha value is -2.78. The largest absolute Gasteiger partial charge is 0.493 e. The third-order valence-corrected chi connectivity index (χ3v) is 4.30. The summed E-state index contributed by atoms with van der Waals surface area (Å²) >= 11 is 0. The number of nitrogens with zero attached hydrogens (tertiary/aromatic N) is 3. The molecule has 2 N–H and O–H groups in total. The summed E-state index contributed by atoms with van der Waals surface area (Å²) in [6, 6.07) is 5.47. The smallest absolute Gasteiger partial charge is 0.335 e. The number of aromatic nitrogens is 2. The van der Waals surface area contributed by atoms with Gasteiger partial charge in [0.1, 0.15) is 11.4 Å². The average Bonchev–Trinajstić information content (AvgIpc) is 2.66. The van der Waals surface area contributed by atoms with Crippen molar-refractivity contribution in [1.82, 2.24) is 14.5 Å². The Kier molecular flexibility index (Phi) is 6.15. The second-order valence-electron chi connectivity index (χ2n) is 6.13. The number of hydrogen-bond donors (Lipinski definition) is 2. The van der Waals surface area contributed by atoms with Crippen molar-refractivity contribution in [3.63, 3.8) is 0 Å². The summed E-state index contributed by atoms with van der Waals surface area (Å²) in [6.07, 6.45) is 1.99. The minimum atomic E-state index is -0.924. The third kappa shape index (κ3) is 4.50. The zero-order chi connectivity index (χ0) is 19.2. The van der Waals surface area contributed by atoms with Gasteiger partial charge in [0, 0.05) is 32.4 Å². The first-order valence-electron chi connectivity index (χ1n) is 8.71. The summed E-state index contributed by atoms with van der Waals surface area (Å²) in [5.41, 5.74) is -2.04. The maximum absolute atomic E-state index is 14.0. The van der Waals surface area contributed by atoms with Crippen molar-refractivity contribution in [2.24, 2.45) is 4.99 Å². The predicted octanol–water partition coefficient (Wildman–Crippen LogP) is 0.512. The highest BCUT2D eigenvalue weighted by molar-refractivity contribution is 5.82. The number of aromatic hydroxyl groups is 1. The van der Waals surface area contributed by atoms with E-state index in [4.69, 9.17) is 4.74 Å². The van der Waals surface area contributed by atoms with Crippen molar-refractivity contribution in [1.29, 1.82) is 0 Å². The van der Waals surface area contributed by atoms with Gasteiger partial charge in [-0.25, -0.2) is 13.8 Å². The minimum Gasteiger partial charge on any atom is -0.493 e.